The van der Waals surface area contributed by atoms with Gasteiger partial charge in [0.2, 0.25) is 0 Å². The predicted octanol–water partition coefficient (Wildman–Crippen LogP) is 3.96. The van der Waals surface area contributed by atoms with Crippen LogP contribution in [0.3, 0.4) is 0 Å². The van der Waals surface area contributed by atoms with Gasteiger partial charge in [0.15, 0.2) is 5.82 Å². The molecule has 0 bridgehead atoms. The quantitative estimate of drug-likeness (QED) is 0.712. The van der Waals surface area contributed by atoms with Crippen molar-refractivity contribution in [2.45, 2.75) is 12.8 Å². The van der Waals surface area contributed by atoms with E-state index < -0.39 is 0 Å². The summed E-state index contributed by atoms with van der Waals surface area (Å²) >= 11 is 1.68. The minimum Gasteiger partial charge on any atom is -0.356 e. The molecule has 0 spiro atoms. The summed E-state index contributed by atoms with van der Waals surface area (Å²) in [6.45, 7) is 2.20. The zero-order chi connectivity index (χ0) is 13.4. The van der Waals surface area contributed by atoms with Crippen LogP contribution < -0.4 is 4.90 Å². The van der Waals surface area contributed by atoms with Gasteiger partial charge in [0.25, 0.3) is 0 Å². The zero-order valence-electron chi connectivity index (χ0n) is 11.1. The van der Waals surface area contributed by atoms with Crippen molar-refractivity contribution in [1.82, 2.24) is 9.97 Å². The summed E-state index contributed by atoms with van der Waals surface area (Å²) < 4.78 is 0. The topological polar surface area (TPSA) is 29.0 Å². The number of hydrogen-bond acceptors (Lipinski definition) is 4. The monoisotopic (exact) mass is 281 g/mol. The summed E-state index contributed by atoms with van der Waals surface area (Å²) in [5, 5.41) is 5.34. The molecule has 0 radical (unpaired) electrons. The van der Waals surface area contributed by atoms with Crippen molar-refractivity contribution < 1.29 is 0 Å². The third-order valence-electron chi connectivity index (χ3n) is 3.77. The van der Waals surface area contributed by atoms with Gasteiger partial charge in [-0.05, 0) is 36.4 Å². The van der Waals surface area contributed by atoms with Gasteiger partial charge in [0.05, 0.1) is 5.52 Å². The highest BCUT2D eigenvalue weighted by Gasteiger charge is 2.18. The number of fused-ring (bicyclic) bond motifs is 1. The van der Waals surface area contributed by atoms with E-state index in [4.69, 9.17) is 9.97 Å². The molecule has 0 unspecified atom stereocenters. The Morgan fingerprint density at radius 1 is 1.00 bits per heavy atom. The number of nitrogens with zero attached hydrogens (tertiary/aromatic N) is 3. The van der Waals surface area contributed by atoms with E-state index in [0.717, 1.165) is 41.2 Å². The largest absolute Gasteiger partial charge is 0.356 e. The maximum absolute atomic E-state index is 4.85. The van der Waals surface area contributed by atoms with Gasteiger partial charge in [-0.1, -0.05) is 12.1 Å². The predicted molar refractivity (Wildman–Crippen MR) is 84.3 cm³/mol. The first kappa shape index (κ1) is 11.9. The Morgan fingerprint density at radius 3 is 2.65 bits per heavy atom. The number of benzene rings is 1. The van der Waals surface area contributed by atoms with E-state index >= 15 is 0 Å². The third kappa shape index (κ3) is 1.96. The number of rotatable bonds is 2. The molecule has 20 heavy (non-hydrogen) atoms. The van der Waals surface area contributed by atoms with Gasteiger partial charge in [-0.15, -0.1) is 0 Å². The van der Waals surface area contributed by atoms with Crippen molar-refractivity contribution in [3.8, 4) is 11.4 Å². The summed E-state index contributed by atoms with van der Waals surface area (Å²) in [4.78, 5) is 12.0. The van der Waals surface area contributed by atoms with Crippen molar-refractivity contribution in [2.24, 2.45) is 0 Å². The molecule has 0 aliphatic carbocycles. The van der Waals surface area contributed by atoms with Gasteiger partial charge in [-0.2, -0.15) is 11.3 Å². The van der Waals surface area contributed by atoms with Crippen LogP contribution in [0.4, 0.5) is 5.82 Å². The van der Waals surface area contributed by atoms with Crippen molar-refractivity contribution >= 4 is 28.1 Å². The minimum absolute atomic E-state index is 0.840. The molecule has 100 valence electrons. The molecule has 3 aromatic rings. The molecule has 4 heteroatoms. The van der Waals surface area contributed by atoms with Crippen LogP contribution in [0.5, 0.6) is 0 Å². The number of anilines is 1. The van der Waals surface area contributed by atoms with Crippen molar-refractivity contribution in [2.75, 3.05) is 18.0 Å². The average molecular weight is 281 g/mol. The fourth-order valence-electron chi connectivity index (χ4n) is 2.75. The molecule has 0 atom stereocenters. The van der Waals surface area contributed by atoms with E-state index in [2.05, 4.69) is 39.9 Å². The highest BCUT2D eigenvalue weighted by Crippen LogP contribution is 2.30. The summed E-state index contributed by atoms with van der Waals surface area (Å²) in [6, 6.07) is 10.4. The van der Waals surface area contributed by atoms with E-state index in [0.29, 0.717) is 0 Å². The van der Waals surface area contributed by atoms with Gasteiger partial charge in [0.1, 0.15) is 5.82 Å². The van der Waals surface area contributed by atoms with Crippen molar-refractivity contribution in [3.05, 3.63) is 41.1 Å². The van der Waals surface area contributed by atoms with Crippen molar-refractivity contribution in [1.29, 1.82) is 0 Å². The van der Waals surface area contributed by atoms with Crippen LogP contribution in [0, 0.1) is 0 Å². The summed E-state index contributed by atoms with van der Waals surface area (Å²) in [6.07, 6.45) is 2.51. The Balaban J connectivity index is 1.94. The molecular formula is C16H15N3S. The van der Waals surface area contributed by atoms with E-state index in [9.17, 15) is 0 Å². The second-order valence-electron chi connectivity index (χ2n) is 5.09. The Kier molecular flexibility index (Phi) is 2.89. The van der Waals surface area contributed by atoms with E-state index in [1.165, 1.54) is 12.8 Å². The van der Waals surface area contributed by atoms with Gasteiger partial charge in [0, 0.05) is 29.4 Å². The first-order valence-corrected chi connectivity index (χ1v) is 7.90. The number of hydrogen-bond donors (Lipinski definition) is 0. The van der Waals surface area contributed by atoms with Crippen molar-refractivity contribution in [3.63, 3.8) is 0 Å². The lowest BCUT2D eigenvalue weighted by molar-refractivity contribution is 0.941. The minimum atomic E-state index is 0.840. The Morgan fingerprint density at radius 2 is 1.85 bits per heavy atom. The lowest BCUT2D eigenvalue weighted by atomic mass is 10.2. The fraction of sp³-hybridized carbons (Fsp3) is 0.250. The molecule has 3 nitrogen and oxygen atoms in total. The maximum Gasteiger partial charge on any atom is 0.162 e. The van der Waals surface area contributed by atoms with E-state index in [1.807, 2.05) is 6.07 Å². The molecule has 1 saturated heterocycles. The SMILES string of the molecule is c1ccc2c(N3CCCC3)nc(-c3ccsc3)nc2c1. The van der Waals surface area contributed by atoms with E-state index in [-0.39, 0.29) is 0 Å². The van der Waals surface area contributed by atoms with Crippen LogP contribution >= 0.6 is 11.3 Å². The van der Waals surface area contributed by atoms with Crippen LogP contribution in [0.15, 0.2) is 41.1 Å². The molecule has 4 rings (SSSR count). The smallest absolute Gasteiger partial charge is 0.162 e. The fourth-order valence-corrected chi connectivity index (χ4v) is 3.38. The van der Waals surface area contributed by atoms with Gasteiger partial charge >= 0.3 is 0 Å². The van der Waals surface area contributed by atoms with Crippen LogP contribution in [0.1, 0.15) is 12.8 Å². The highest BCUT2D eigenvalue weighted by atomic mass is 32.1. The molecule has 1 fully saturated rings. The standard InChI is InChI=1S/C16H15N3S/c1-2-6-14-13(5-1)16(19-8-3-4-9-19)18-15(17-14)12-7-10-20-11-12/h1-2,5-7,10-11H,3-4,8-9H2. The molecule has 1 aromatic carbocycles. The molecule has 1 aliphatic rings. The van der Waals surface area contributed by atoms with Crippen LogP contribution in [0.2, 0.25) is 0 Å². The lowest BCUT2D eigenvalue weighted by Crippen LogP contribution is -2.19. The van der Waals surface area contributed by atoms with Gasteiger partial charge < -0.3 is 4.90 Å². The second kappa shape index (κ2) is 4.87. The summed E-state index contributed by atoms with van der Waals surface area (Å²) in [5.41, 5.74) is 2.15. The number of aromatic nitrogens is 2. The molecule has 2 aromatic heterocycles. The first-order valence-electron chi connectivity index (χ1n) is 6.96. The van der Waals surface area contributed by atoms with Crippen LogP contribution in [-0.2, 0) is 0 Å². The first-order chi connectivity index (χ1) is 9.92. The molecular weight excluding hydrogens is 266 g/mol. The number of para-hydroxylation sites is 1. The third-order valence-corrected chi connectivity index (χ3v) is 4.45. The maximum atomic E-state index is 4.85. The lowest BCUT2D eigenvalue weighted by Gasteiger charge is -2.19. The second-order valence-corrected chi connectivity index (χ2v) is 5.87. The Labute approximate surface area is 121 Å². The van der Waals surface area contributed by atoms with Crippen LogP contribution in [-0.4, -0.2) is 23.1 Å². The summed E-state index contributed by atoms with van der Waals surface area (Å²) in [5.74, 6) is 1.93. The van der Waals surface area contributed by atoms with Gasteiger partial charge in [-0.3, -0.25) is 0 Å². The molecule has 0 amide bonds. The molecule has 3 heterocycles. The summed E-state index contributed by atoms with van der Waals surface area (Å²) in [7, 11) is 0. The normalized spacial score (nSPS) is 15.1. The Hall–Kier alpha value is -1.94. The average Bonchev–Trinajstić information content (AvgIpc) is 3.19. The Bertz CT molecular complexity index is 731. The van der Waals surface area contributed by atoms with E-state index in [1.54, 1.807) is 11.3 Å². The molecule has 0 N–H and O–H groups in total. The highest BCUT2D eigenvalue weighted by molar-refractivity contribution is 7.08. The molecule has 0 saturated carbocycles. The zero-order valence-corrected chi connectivity index (χ0v) is 11.9. The van der Waals surface area contributed by atoms with Crippen LogP contribution in [0.25, 0.3) is 22.3 Å². The molecule has 1 aliphatic heterocycles. The van der Waals surface area contributed by atoms with Gasteiger partial charge in [-0.25, -0.2) is 9.97 Å². The number of thiophene rings is 1.